The van der Waals surface area contributed by atoms with E-state index in [-0.39, 0.29) is 17.7 Å². The highest BCUT2D eigenvalue weighted by atomic mass is 32.2. The van der Waals surface area contributed by atoms with E-state index in [0.29, 0.717) is 0 Å². The highest BCUT2D eigenvalue weighted by Crippen LogP contribution is 2.05. The summed E-state index contributed by atoms with van der Waals surface area (Å²) in [7, 11) is -3.07. The second-order valence-electron chi connectivity index (χ2n) is 4.34. The van der Waals surface area contributed by atoms with Crippen LogP contribution in [0.15, 0.2) is 0 Å². The molecule has 2 N–H and O–H groups in total. The zero-order valence-electron chi connectivity index (χ0n) is 8.91. The summed E-state index contributed by atoms with van der Waals surface area (Å²) >= 11 is 0. The lowest BCUT2D eigenvalue weighted by Crippen LogP contribution is -2.46. The second kappa shape index (κ2) is 5.09. The maximum absolute atomic E-state index is 11.6. The van der Waals surface area contributed by atoms with E-state index in [2.05, 4.69) is 10.0 Å². The summed E-state index contributed by atoms with van der Waals surface area (Å²) in [6.07, 6.45) is 2.00. The number of hydrogen-bond acceptors (Lipinski definition) is 3. The Morgan fingerprint density at radius 3 is 2.71 bits per heavy atom. The molecule has 0 aliphatic carbocycles. The normalized spacial score (nSPS) is 24.1. The minimum Gasteiger partial charge on any atom is -0.315 e. The maximum atomic E-state index is 11.6. The fourth-order valence-electron chi connectivity index (χ4n) is 1.69. The second-order valence-corrected chi connectivity index (χ2v) is 6.13. The zero-order valence-corrected chi connectivity index (χ0v) is 9.73. The van der Waals surface area contributed by atoms with Gasteiger partial charge >= 0.3 is 0 Å². The SMILES string of the molecule is CC(C)CS(=O)(=O)NC1CCCNC1. The van der Waals surface area contributed by atoms with Crippen LogP contribution in [0.1, 0.15) is 26.7 Å². The van der Waals surface area contributed by atoms with E-state index in [1.165, 1.54) is 0 Å². The average Bonchev–Trinajstić information content (AvgIpc) is 2.02. The molecule has 4 nitrogen and oxygen atoms in total. The average molecular weight is 220 g/mol. The minimum atomic E-state index is -3.07. The quantitative estimate of drug-likeness (QED) is 0.717. The first-order chi connectivity index (χ1) is 6.49. The van der Waals surface area contributed by atoms with Gasteiger partial charge in [-0.15, -0.1) is 0 Å². The van der Waals surface area contributed by atoms with Crippen molar-refractivity contribution in [2.75, 3.05) is 18.8 Å². The van der Waals surface area contributed by atoms with Crippen LogP contribution >= 0.6 is 0 Å². The van der Waals surface area contributed by atoms with Crippen LogP contribution < -0.4 is 10.0 Å². The summed E-state index contributed by atoms with van der Waals surface area (Å²) in [5.74, 6) is 0.410. The fourth-order valence-corrected chi connectivity index (χ4v) is 3.38. The molecule has 1 aliphatic heterocycles. The van der Waals surface area contributed by atoms with Crippen LogP contribution in [0, 0.1) is 5.92 Å². The monoisotopic (exact) mass is 220 g/mol. The molecule has 1 rings (SSSR count). The standard InChI is InChI=1S/C9H20N2O2S/c1-8(2)7-14(12,13)11-9-4-3-5-10-6-9/h8-11H,3-7H2,1-2H3. The van der Waals surface area contributed by atoms with Crippen LogP contribution in [-0.4, -0.2) is 33.3 Å². The molecule has 0 spiro atoms. The third kappa shape index (κ3) is 4.39. The van der Waals surface area contributed by atoms with Crippen LogP contribution in [0.4, 0.5) is 0 Å². The molecule has 0 saturated carbocycles. The summed E-state index contributed by atoms with van der Waals surface area (Å²) in [5, 5.41) is 3.18. The molecule has 1 atom stereocenters. The van der Waals surface area contributed by atoms with E-state index >= 15 is 0 Å². The van der Waals surface area contributed by atoms with Crippen LogP contribution in [0.2, 0.25) is 0 Å². The summed E-state index contributed by atoms with van der Waals surface area (Å²) in [5.41, 5.74) is 0. The first-order valence-electron chi connectivity index (χ1n) is 5.20. The Hall–Kier alpha value is -0.130. The predicted octanol–water partition coefficient (Wildman–Crippen LogP) is 0.314. The Morgan fingerprint density at radius 1 is 1.50 bits per heavy atom. The summed E-state index contributed by atoms with van der Waals surface area (Å²) in [4.78, 5) is 0. The van der Waals surface area contributed by atoms with Crippen LogP contribution in [0.3, 0.4) is 0 Å². The molecule has 1 heterocycles. The number of nitrogens with one attached hydrogen (secondary N) is 2. The molecule has 0 aromatic carbocycles. The third-order valence-corrected chi connectivity index (χ3v) is 3.99. The van der Waals surface area contributed by atoms with Crippen molar-refractivity contribution in [1.82, 2.24) is 10.0 Å². The van der Waals surface area contributed by atoms with E-state index in [9.17, 15) is 8.42 Å². The first-order valence-corrected chi connectivity index (χ1v) is 6.85. The van der Waals surface area contributed by atoms with Crippen molar-refractivity contribution >= 4 is 10.0 Å². The number of rotatable bonds is 4. The Labute approximate surface area is 86.5 Å². The third-order valence-electron chi connectivity index (χ3n) is 2.20. The number of piperidine rings is 1. The van der Waals surface area contributed by atoms with Gasteiger partial charge in [-0.2, -0.15) is 0 Å². The van der Waals surface area contributed by atoms with E-state index in [0.717, 1.165) is 25.9 Å². The fraction of sp³-hybridized carbons (Fsp3) is 1.00. The maximum Gasteiger partial charge on any atom is 0.212 e. The molecular weight excluding hydrogens is 200 g/mol. The summed E-state index contributed by atoms with van der Waals surface area (Å²) < 4.78 is 25.9. The Morgan fingerprint density at radius 2 is 2.21 bits per heavy atom. The van der Waals surface area contributed by atoms with Crippen LogP contribution in [-0.2, 0) is 10.0 Å². The molecule has 0 aromatic rings. The van der Waals surface area contributed by atoms with Gasteiger partial charge in [-0.05, 0) is 25.3 Å². The highest BCUT2D eigenvalue weighted by Gasteiger charge is 2.20. The summed E-state index contributed by atoms with van der Waals surface area (Å²) in [6.45, 7) is 5.59. The smallest absolute Gasteiger partial charge is 0.212 e. The Kier molecular flexibility index (Phi) is 4.34. The number of sulfonamides is 1. The molecule has 0 aromatic heterocycles. The van der Waals surface area contributed by atoms with Crippen molar-refractivity contribution in [3.8, 4) is 0 Å². The van der Waals surface area contributed by atoms with E-state index in [1.807, 2.05) is 13.8 Å². The molecule has 0 radical (unpaired) electrons. The molecule has 1 saturated heterocycles. The van der Waals surface area contributed by atoms with Gasteiger partial charge in [0.2, 0.25) is 10.0 Å². The first kappa shape index (κ1) is 11.9. The van der Waals surface area contributed by atoms with Gasteiger partial charge in [0, 0.05) is 12.6 Å². The predicted molar refractivity (Wildman–Crippen MR) is 57.7 cm³/mol. The van der Waals surface area contributed by atoms with Gasteiger partial charge in [0.05, 0.1) is 5.75 Å². The van der Waals surface area contributed by atoms with Crippen molar-refractivity contribution in [3.05, 3.63) is 0 Å². The lowest BCUT2D eigenvalue weighted by Gasteiger charge is -2.23. The Balaban J connectivity index is 2.41. The zero-order chi connectivity index (χ0) is 10.6. The topological polar surface area (TPSA) is 58.2 Å². The van der Waals surface area contributed by atoms with Gasteiger partial charge in [0.25, 0.3) is 0 Å². The van der Waals surface area contributed by atoms with Crippen molar-refractivity contribution in [1.29, 1.82) is 0 Å². The van der Waals surface area contributed by atoms with Crippen molar-refractivity contribution in [2.24, 2.45) is 5.92 Å². The van der Waals surface area contributed by atoms with Gasteiger partial charge in [-0.1, -0.05) is 13.8 Å². The molecule has 0 amide bonds. The lowest BCUT2D eigenvalue weighted by molar-refractivity contribution is 0.427. The molecule has 5 heteroatoms. The summed E-state index contributed by atoms with van der Waals surface area (Å²) in [6, 6.07) is 0.0903. The molecule has 0 bridgehead atoms. The molecule has 84 valence electrons. The van der Waals surface area contributed by atoms with Crippen molar-refractivity contribution < 1.29 is 8.42 Å². The van der Waals surface area contributed by atoms with Gasteiger partial charge in [-0.25, -0.2) is 13.1 Å². The van der Waals surface area contributed by atoms with Crippen molar-refractivity contribution in [2.45, 2.75) is 32.7 Å². The minimum absolute atomic E-state index is 0.0903. The van der Waals surface area contributed by atoms with Gasteiger partial charge in [0.15, 0.2) is 0 Å². The van der Waals surface area contributed by atoms with Crippen molar-refractivity contribution in [3.63, 3.8) is 0 Å². The van der Waals surface area contributed by atoms with Crippen LogP contribution in [0.5, 0.6) is 0 Å². The van der Waals surface area contributed by atoms with Crippen LogP contribution in [0.25, 0.3) is 0 Å². The lowest BCUT2D eigenvalue weighted by atomic mass is 10.1. The molecular formula is C9H20N2O2S. The van der Waals surface area contributed by atoms with E-state index in [4.69, 9.17) is 0 Å². The highest BCUT2D eigenvalue weighted by molar-refractivity contribution is 7.89. The van der Waals surface area contributed by atoms with Gasteiger partial charge in [0.1, 0.15) is 0 Å². The van der Waals surface area contributed by atoms with Gasteiger partial charge in [-0.3, -0.25) is 0 Å². The molecule has 14 heavy (non-hydrogen) atoms. The number of hydrogen-bond donors (Lipinski definition) is 2. The van der Waals surface area contributed by atoms with E-state index in [1.54, 1.807) is 0 Å². The molecule has 1 fully saturated rings. The van der Waals surface area contributed by atoms with Gasteiger partial charge < -0.3 is 5.32 Å². The van der Waals surface area contributed by atoms with E-state index < -0.39 is 10.0 Å². The molecule has 1 unspecified atom stereocenters. The largest absolute Gasteiger partial charge is 0.315 e. The Bertz CT molecular complexity index is 256. The molecule has 1 aliphatic rings.